The maximum absolute atomic E-state index is 13.0. The summed E-state index contributed by atoms with van der Waals surface area (Å²) < 4.78 is 0. The molecule has 1 amide bonds. The van der Waals surface area contributed by atoms with E-state index in [0.29, 0.717) is 36.8 Å². The summed E-state index contributed by atoms with van der Waals surface area (Å²) >= 11 is 0. The maximum Gasteiger partial charge on any atom is 0.272 e. The maximum atomic E-state index is 13.0. The molecule has 27 heavy (non-hydrogen) atoms. The van der Waals surface area contributed by atoms with Crippen LogP contribution in [0.25, 0.3) is 0 Å². The first kappa shape index (κ1) is 17.4. The van der Waals surface area contributed by atoms with Crippen molar-refractivity contribution in [1.29, 1.82) is 5.26 Å². The Bertz CT molecular complexity index is 906. The van der Waals surface area contributed by atoms with Crippen molar-refractivity contribution >= 4 is 11.7 Å². The SMILES string of the molecule is CC1CN(c2nccnc2C#N)CCN1C(=O)c1ccc2c(n1)CCCC2. The van der Waals surface area contributed by atoms with Gasteiger partial charge in [0.2, 0.25) is 0 Å². The molecular weight excluding hydrogens is 340 g/mol. The van der Waals surface area contributed by atoms with E-state index in [9.17, 15) is 10.1 Å². The average molecular weight is 362 g/mol. The minimum absolute atomic E-state index is 0.00219. The number of nitriles is 1. The number of nitrogens with zero attached hydrogens (tertiary/aromatic N) is 6. The molecular formula is C20H22N6O. The van der Waals surface area contributed by atoms with Gasteiger partial charge in [-0.05, 0) is 44.2 Å². The molecule has 1 saturated heterocycles. The molecule has 7 nitrogen and oxygen atoms in total. The van der Waals surface area contributed by atoms with Gasteiger partial charge in [0.1, 0.15) is 11.8 Å². The van der Waals surface area contributed by atoms with Crippen molar-refractivity contribution in [2.45, 2.75) is 38.6 Å². The summed E-state index contributed by atoms with van der Waals surface area (Å²) in [6.45, 7) is 3.82. The van der Waals surface area contributed by atoms with Crippen molar-refractivity contribution < 1.29 is 4.79 Å². The summed E-state index contributed by atoms with van der Waals surface area (Å²) in [4.78, 5) is 30.0. The highest BCUT2D eigenvalue weighted by atomic mass is 16.2. The lowest BCUT2D eigenvalue weighted by atomic mass is 9.96. The van der Waals surface area contributed by atoms with Crippen LogP contribution in [0.4, 0.5) is 5.82 Å². The molecule has 0 aromatic carbocycles. The highest BCUT2D eigenvalue weighted by molar-refractivity contribution is 5.92. The predicted octanol–water partition coefficient (Wildman–Crippen LogP) is 1.97. The fourth-order valence-electron chi connectivity index (χ4n) is 3.94. The van der Waals surface area contributed by atoms with Gasteiger partial charge in [0, 0.05) is 43.8 Å². The van der Waals surface area contributed by atoms with Gasteiger partial charge in [-0.25, -0.2) is 15.0 Å². The number of rotatable bonds is 2. The summed E-state index contributed by atoms with van der Waals surface area (Å²) in [5.74, 6) is 0.570. The average Bonchev–Trinajstić information content (AvgIpc) is 2.72. The third kappa shape index (κ3) is 3.35. The van der Waals surface area contributed by atoms with Gasteiger partial charge in [0.25, 0.3) is 5.91 Å². The van der Waals surface area contributed by atoms with Crippen LogP contribution in [-0.4, -0.2) is 51.4 Å². The quantitative estimate of drug-likeness (QED) is 0.812. The summed E-state index contributed by atoms with van der Waals surface area (Å²) in [6, 6.07) is 6.02. The van der Waals surface area contributed by atoms with Crippen LogP contribution in [0.3, 0.4) is 0 Å². The molecule has 2 aromatic rings. The van der Waals surface area contributed by atoms with Crippen LogP contribution in [0.2, 0.25) is 0 Å². The Morgan fingerprint density at radius 1 is 1.19 bits per heavy atom. The monoisotopic (exact) mass is 362 g/mol. The second-order valence-electron chi connectivity index (χ2n) is 7.14. The topological polar surface area (TPSA) is 86.0 Å². The van der Waals surface area contributed by atoms with Crippen molar-refractivity contribution in [3.63, 3.8) is 0 Å². The molecule has 0 N–H and O–H groups in total. The first-order chi connectivity index (χ1) is 13.2. The van der Waals surface area contributed by atoms with Gasteiger partial charge in [-0.2, -0.15) is 5.26 Å². The number of hydrogen-bond donors (Lipinski definition) is 0. The fourth-order valence-corrected chi connectivity index (χ4v) is 3.94. The molecule has 2 aliphatic rings. The van der Waals surface area contributed by atoms with E-state index in [1.54, 1.807) is 6.20 Å². The van der Waals surface area contributed by atoms with E-state index in [1.807, 2.05) is 22.8 Å². The number of hydrogen-bond acceptors (Lipinski definition) is 6. The molecule has 7 heteroatoms. The van der Waals surface area contributed by atoms with Crippen LogP contribution in [0.15, 0.2) is 24.5 Å². The van der Waals surface area contributed by atoms with E-state index < -0.39 is 0 Å². The second-order valence-corrected chi connectivity index (χ2v) is 7.14. The number of anilines is 1. The van der Waals surface area contributed by atoms with Crippen LogP contribution < -0.4 is 4.90 Å². The Labute approximate surface area is 158 Å². The zero-order chi connectivity index (χ0) is 18.8. The lowest BCUT2D eigenvalue weighted by molar-refractivity contribution is 0.0667. The molecule has 0 spiro atoms. The number of amides is 1. The number of aromatic nitrogens is 3. The van der Waals surface area contributed by atoms with Crippen molar-refractivity contribution in [2.75, 3.05) is 24.5 Å². The molecule has 4 rings (SSSR count). The Morgan fingerprint density at radius 3 is 2.81 bits per heavy atom. The van der Waals surface area contributed by atoms with Crippen molar-refractivity contribution in [3.8, 4) is 6.07 Å². The third-order valence-corrected chi connectivity index (χ3v) is 5.37. The second kappa shape index (κ2) is 7.31. The normalized spacial score (nSPS) is 19.3. The standard InChI is InChI=1S/C20H22N6O/c1-14-13-25(19-18(12-21)22-8-9-23-19)10-11-26(14)20(27)17-7-6-15-4-2-3-5-16(15)24-17/h6-9,14H,2-5,10-11,13H2,1H3. The predicted molar refractivity (Wildman–Crippen MR) is 100 cm³/mol. The van der Waals surface area contributed by atoms with Gasteiger partial charge in [-0.15, -0.1) is 0 Å². The molecule has 1 aliphatic heterocycles. The minimum atomic E-state index is -0.0184. The Kier molecular flexibility index (Phi) is 4.71. The van der Waals surface area contributed by atoms with Crippen LogP contribution in [0.1, 0.15) is 47.2 Å². The van der Waals surface area contributed by atoms with Crippen molar-refractivity contribution in [1.82, 2.24) is 19.9 Å². The number of carbonyl (C=O) groups excluding carboxylic acids is 1. The van der Waals surface area contributed by atoms with E-state index in [2.05, 4.69) is 27.1 Å². The van der Waals surface area contributed by atoms with E-state index in [1.165, 1.54) is 18.2 Å². The first-order valence-corrected chi connectivity index (χ1v) is 9.43. The largest absolute Gasteiger partial charge is 0.350 e. The molecule has 1 atom stereocenters. The lowest BCUT2D eigenvalue weighted by Gasteiger charge is -2.40. The molecule has 1 unspecified atom stereocenters. The zero-order valence-electron chi connectivity index (χ0n) is 15.4. The molecule has 1 aliphatic carbocycles. The van der Waals surface area contributed by atoms with Gasteiger partial charge in [-0.1, -0.05) is 6.07 Å². The van der Waals surface area contributed by atoms with Gasteiger partial charge < -0.3 is 9.80 Å². The van der Waals surface area contributed by atoms with E-state index in [4.69, 9.17) is 0 Å². The smallest absolute Gasteiger partial charge is 0.272 e. The van der Waals surface area contributed by atoms with Crippen LogP contribution in [0.5, 0.6) is 0 Å². The zero-order valence-corrected chi connectivity index (χ0v) is 15.4. The van der Waals surface area contributed by atoms with Gasteiger partial charge in [-0.3, -0.25) is 4.79 Å². The van der Waals surface area contributed by atoms with Gasteiger partial charge in [0.05, 0.1) is 0 Å². The summed E-state index contributed by atoms with van der Waals surface area (Å²) in [5, 5.41) is 9.25. The first-order valence-electron chi connectivity index (χ1n) is 9.43. The lowest BCUT2D eigenvalue weighted by Crippen LogP contribution is -2.54. The number of pyridine rings is 1. The highest BCUT2D eigenvalue weighted by Crippen LogP contribution is 2.23. The summed E-state index contributed by atoms with van der Waals surface area (Å²) in [5.41, 5.74) is 3.22. The van der Waals surface area contributed by atoms with Crippen molar-refractivity contribution in [2.24, 2.45) is 0 Å². The minimum Gasteiger partial charge on any atom is -0.350 e. The summed E-state index contributed by atoms with van der Waals surface area (Å²) in [6.07, 6.45) is 7.48. The molecule has 2 aromatic heterocycles. The fraction of sp³-hybridized carbons (Fsp3) is 0.450. The highest BCUT2D eigenvalue weighted by Gasteiger charge is 2.30. The molecule has 1 fully saturated rings. The Balaban J connectivity index is 1.50. The van der Waals surface area contributed by atoms with Crippen molar-refractivity contribution in [3.05, 3.63) is 47.2 Å². The van der Waals surface area contributed by atoms with E-state index in [0.717, 1.165) is 25.0 Å². The Hall–Kier alpha value is -3.01. The van der Waals surface area contributed by atoms with E-state index >= 15 is 0 Å². The molecule has 0 saturated carbocycles. The van der Waals surface area contributed by atoms with Crippen LogP contribution >= 0.6 is 0 Å². The molecule has 3 heterocycles. The molecule has 0 bridgehead atoms. The van der Waals surface area contributed by atoms with Crippen LogP contribution in [-0.2, 0) is 12.8 Å². The molecule has 0 radical (unpaired) electrons. The summed E-state index contributed by atoms with van der Waals surface area (Å²) in [7, 11) is 0. The number of fused-ring (bicyclic) bond motifs is 1. The van der Waals surface area contributed by atoms with Gasteiger partial charge in [0.15, 0.2) is 11.5 Å². The number of carbonyl (C=O) groups is 1. The third-order valence-electron chi connectivity index (χ3n) is 5.37. The molecule has 138 valence electrons. The number of piperazine rings is 1. The van der Waals surface area contributed by atoms with Gasteiger partial charge >= 0.3 is 0 Å². The Morgan fingerprint density at radius 2 is 2.00 bits per heavy atom. The van der Waals surface area contributed by atoms with Crippen LogP contribution in [0, 0.1) is 11.3 Å². The van der Waals surface area contributed by atoms with E-state index in [-0.39, 0.29) is 11.9 Å². The number of aryl methyl sites for hydroxylation is 2.